The molecule has 2 N–H and O–H groups in total. The second kappa shape index (κ2) is 9.02. The summed E-state index contributed by atoms with van der Waals surface area (Å²) in [6.45, 7) is 1.96. The topological polar surface area (TPSA) is 96.9 Å². The number of fused-ring (bicyclic) bond motifs is 1. The third kappa shape index (κ3) is 5.00. The smallest absolute Gasteiger partial charge is 0.256 e. The Morgan fingerprint density at radius 3 is 2.50 bits per heavy atom. The second-order valence-corrected chi connectivity index (χ2v) is 8.43. The van der Waals surface area contributed by atoms with E-state index in [9.17, 15) is 9.59 Å². The van der Waals surface area contributed by atoms with Crippen molar-refractivity contribution in [3.63, 3.8) is 0 Å². The summed E-state index contributed by atoms with van der Waals surface area (Å²) in [7, 11) is 0. The second-order valence-electron chi connectivity index (χ2n) is 6.40. The summed E-state index contributed by atoms with van der Waals surface area (Å²) in [6.07, 6.45) is 0. The number of nitrogens with zero attached hydrogens (tertiary/aromatic N) is 3. The molecule has 0 unspecified atom stereocenters. The molecule has 4 aromatic rings. The Balaban J connectivity index is 1.29. The number of benzene rings is 2. The van der Waals surface area contributed by atoms with Gasteiger partial charge in [0.2, 0.25) is 5.91 Å². The van der Waals surface area contributed by atoms with E-state index in [1.54, 1.807) is 24.3 Å². The quantitative estimate of drug-likeness (QED) is 0.436. The van der Waals surface area contributed by atoms with Gasteiger partial charge in [-0.3, -0.25) is 9.59 Å². The van der Waals surface area contributed by atoms with Gasteiger partial charge in [-0.1, -0.05) is 52.9 Å². The molecule has 0 saturated carbocycles. The molecule has 0 aliphatic heterocycles. The van der Waals surface area contributed by atoms with Crippen molar-refractivity contribution in [3.05, 3.63) is 71.8 Å². The molecule has 0 aliphatic carbocycles. The molecule has 0 saturated heterocycles. The van der Waals surface area contributed by atoms with Crippen molar-refractivity contribution in [3.8, 4) is 0 Å². The number of carbonyl (C=O) groups excluding carboxylic acids is 2. The van der Waals surface area contributed by atoms with E-state index in [0.29, 0.717) is 21.5 Å². The lowest BCUT2D eigenvalue weighted by Gasteiger charge is -2.05. The van der Waals surface area contributed by atoms with E-state index < -0.39 is 0 Å². The van der Waals surface area contributed by atoms with Gasteiger partial charge in [0, 0.05) is 5.56 Å². The minimum absolute atomic E-state index is 0.169. The SMILES string of the molecule is Cc1ccc(C(=O)Nc2ccc(SCC(=O)Nc3nc4ccccc4s3)nn2)cc1. The van der Waals surface area contributed by atoms with Crippen LogP contribution in [0, 0.1) is 6.92 Å². The van der Waals surface area contributed by atoms with Crippen molar-refractivity contribution in [2.24, 2.45) is 0 Å². The fourth-order valence-corrected chi connectivity index (χ4v) is 4.07. The zero-order chi connectivity index (χ0) is 20.9. The lowest BCUT2D eigenvalue weighted by molar-refractivity contribution is -0.113. The van der Waals surface area contributed by atoms with Gasteiger partial charge in [0.1, 0.15) is 5.03 Å². The van der Waals surface area contributed by atoms with Gasteiger partial charge < -0.3 is 10.6 Å². The number of nitrogens with one attached hydrogen (secondary N) is 2. The van der Waals surface area contributed by atoms with Gasteiger partial charge in [-0.2, -0.15) is 0 Å². The first kappa shape index (κ1) is 20.0. The predicted octanol–water partition coefficient (Wildman–Crippen LogP) is 4.38. The van der Waals surface area contributed by atoms with Gasteiger partial charge in [0.25, 0.3) is 5.91 Å². The van der Waals surface area contributed by atoms with Crippen LogP contribution in [0.25, 0.3) is 10.2 Å². The van der Waals surface area contributed by atoms with Crippen LogP contribution in [0.2, 0.25) is 0 Å². The largest absolute Gasteiger partial charge is 0.305 e. The maximum atomic E-state index is 12.2. The molecular formula is C21H17N5O2S2. The van der Waals surface area contributed by atoms with Crippen molar-refractivity contribution >= 4 is 56.1 Å². The number of hydrogen-bond donors (Lipinski definition) is 2. The average Bonchev–Trinajstić information content (AvgIpc) is 3.16. The molecular weight excluding hydrogens is 418 g/mol. The number of thioether (sulfide) groups is 1. The Kier molecular flexibility index (Phi) is 6.01. The van der Waals surface area contributed by atoms with E-state index in [2.05, 4.69) is 25.8 Å². The van der Waals surface area contributed by atoms with E-state index in [1.165, 1.54) is 23.1 Å². The number of anilines is 2. The number of rotatable bonds is 6. The molecule has 0 spiro atoms. The fourth-order valence-electron chi connectivity index (χ4n) is 2.58. The summed E-state index contributed by atoms with van der Waals surface area (Å²) in [5.74, 6) is 0.112. The molecule has 0 bridgehead atoms. The number of para-hydroxylation sites is 1. The zero-order valence-corrected chi connectivity index (χ0v) is 17.6. The highest BCUT2D eigenvalue weighted by Gasteiger charge is 2.10. The molecule has 7 nitrogen and oxygen atoms in total. The van der Waals surface area contributed by atoms with E-state index in [-0.39, 0.29) is 17.6 Å². The summed E-state index contributed by atoms with van der Waals surface area (Å²) < 4.78 is 1.02. The maximum absolute atomic E-state index is 12.2. The van der Waals surface area contributed by atoms with Gasteiger partial charge in [-0.25, -0.2) is 4.98 Å². The molecule has 0 fully saturated rings. The van der Waals surface area contributed by atoms with Crippen molar-refractivity contribution in [2.75, 3.05) is 16.4 Å². The monoisotopic (exact) mass is 435 g/mol. The first-order chi connectivity index (χ1) is 14.6. The number of amides is 2. The Labute approximate surface area is 181 Å². The van der Waals surface area contributed by atoms with Crippen molar-refractivity contribution in [1.82, 2.24) is 15.2 Å². The molecule has 30 heavy (non-hydrogen) atoms. The molecule has 9 heteroatoms. The highest BCUT2D eigenvalue weighted by atomic mass is 32.2. The lowest BCUT2D eigenvalue weighted by Crippen LogP contribution is -2.14. The minimum atomic E-state index is -0.250. The highest BCUT2D eigenvalue weighted by molar-refractivity contribution is 7.99. The molecule has 4 rings (SSSR count). The molecule has 150 valence electrons. The van der Waals surface area contributed by atoms with Crippen LogP contribution in [-0.4, -0.2) is 32.7 Å². The fraction of sp³-hybridized carbons (Fsp3) is 0.0952. The molecule has 2 aromatic heterocycles. The van der Waals surface area contributed by atoms with Crippen LogP contribution in [0.5, 0.6) is 0 Å². The zero-order valence-electron chi connectivity index (χ0n) is 16.0. The highest BCUT2D eigenvalue weighted by Crippen LogP contribution is 2.25. The van der Waals surface area contributed by atoms with Crippen molar-refractivity contribution in [2.45, 2.75) is 11.9 Å². The van der Waals surface area contributed by atoms with Crippen molar-refractivity contribution < 1.29 is 9.59 Å². The first-order valence-corrected chi connectivity index (χ1v) is 10.9. The normalized spacial score (nSPS) is 10.7. The molecule has 0 atom stereocenters. The summed E-state index contributed by atoms with van der Waals surface area (Å²) in [5.41, 5.74) is 2.49. The third-order valence-electron chi connectivity index (χ3n) is 4.09. The van der Waals surface area contributed by atoms with Gasteiger partial charge >= 0.3 is 0 Å². The van der Waals surface area contributed by atoms with E-state index in [0.717, 1.165) is 15.8 Å². The van der Waals surface area contributed by atoms with Crippen molar-refractivity contribution in [1.29, 1.82) is 0 Å². The molecule has 2 aromatic carbocycles. The van der Waals surface area contributed by atoms with Crippen LogP contribution in [-0.2, 0) is 4.79 Å². The lowest BCUT2D eigenvalue weighted by atomic mass is 10.1. The minimum Gasteiger partial charge on any atom is -0.305 e. The maximum Gasteiger partial charge on any atom is 0.256 e. The summed E-state index contributed by atoms with van der Waals surface area (Å²) in [6, 6.07) is 18.4. The number of aromatic nitrogens is 3. The third-order valence-corrected chi connectivity index (χ3v) is 5.96. The standard InChI is InChI=1S/C21H17N5O2S2/c1-13-6-8-14(9-7-13)20(28)23-17-10-11-19(26-25-17)29-12-18(27)24-21-22-15-4-2-3-5-16(15)30-21/h2-11H,12H2,1H3,(H,22,24,27)(H,23,25,28). The molecule has 2 heterocycles. The van der Waals surface area contributed by atoms with Gasteiger partial charge in [-0.15, -0.1) is 10.2 Å². The van der Waals surface area contributed by atoms with E-state index in [4.69, 9.17) is 0 Å². The van der Waals surface area contributed by atoms with Crippen LogP contribution >= 0.6 is 23.1 Å². The Bertz CT molecular complexity index is 1160. The predicted molar refractivity (Wildman–Crippen MR) is 120 cm³/mol. The average molecular weight is 436 g/mol. The Morgan fingerprint density at radius 2 is 1.77 bits per heavy atom. The van der Waals surface area contributed by atoms with Gasteiger partial charge in [0.05, 0.1) is 16.0 Å². The number of carbonyl (C=O) groups is 2. The molecule has 0 aliphatic rings. The Hall–Kier alpha value is -3.30. The van der Waals surface area contributed by atoms with Crippen LogP contribution in [0.4, 0.5) is 10.9 Å². The molecule has 2 amide bonds. The number of thiazole rings is 1. The van der Waals surface area contributed by atoms with Crippen LogP contribution in [0.3, 0.4) is 0 Å². The first-order valence-electron chi connectivity index (χ1n) is 9.07. The summed E-state index contributed by atoms with van der Waals surface area (Å²) in [5, 5.41) is 14.7. The Morgan fingerprint density at radius 1 is 0.967 bits per heavy atom. The van der Waals surface area contributed by atoms with Crippen LogP contribution < -0.4 is 10.6 Å². The number of aryl methyl sites for hydroxylation is 1. The van der Waals surface area contributed by atoms with Gasteiger partial charge in [-0.05, 0) is 43.3 Å². The van der Waals surface area contributed by atoms with Crippen LogP contribution in [0.15, 0.2) is 65.7 Å². The van der Waals surface area contributed by atoms with E-state index >= 15 is 0 Å². The number of hydrogen-bond acceptors (Lipinski definition) is 7. The molecule has 0 radical (unpaired) electrons. The van der Waals surface area contributed by atoms with Crippen LogP contribution in [0.1, 0.15) is 15.9 Å². The van der Waals surface area contributed by atoms with E-state index in [1.807, 2.05) is 43.3 Å². The summed E-state index contributed by atoms with van der Waals surface area (Å²) >= 11 is 2.69. The van der Waals surface area contributed by atoms with Gasteiger partial charge in [0.15, 0.2) is 10.9 Å². The summed E-state index contributed by atoms with van der Waals surface area (Å²) in [4.78, 5) is 28.8.